The van der Waals surface area contributed by atoms with Gasteiger partial charge in [-0.3, -0.25) is 9.59 Å². The molecule has 0 saturated heterocycles. The lowest BCUT2D eigenvalue weighted by Gasteiger charge is -2.24. The molecule has 0 aliphatic heterocycles. The predicted molar refractivity (Wildman–Crippen MR) is 301 cm³/mol. The molecule has 0 aromatic rings. The first-order valence-corrected chi connectivity index (χ1v) is 30.4. The maximum Gasteiger partial charge on any atom is 0.306 e. The molecular weight excluding hydrogens is 851 g/mol. The number of allylic oxidation sites excluding steroid dienone is 8. The van der Waals surface area contributed by atoms with E-state index in [0.29, 0.717) is 19.3 Å². The van der Waals surface area contributed by atoms with Gasteiger partial charge in [-0.2, -0.15) is 0 Å². The van der Waals surface area contributed by atoms with Crippen molar-refractivity contribution in [2.75, 3.05) is 6.61 Å². The summed E-state index contributed by atoms with van der Waals surface area (Å²) in [4.78, 5) is 26.3. The Labute approximate surface area is 429 Å². The second-order valence-corrected chi connectivity index (χ2v) is 20.8. The van der Waals surface area contributed by atoms with E-state index in [-0.39, 0.29) is 24.9 Å². The number of carbonyl (C=O) groups is 2. The molecule has 3 unspecified atom stereocenters. The highest BCUT2D eigenvalue weighted by molar-refractivity contribution is 5.77. The third kappa shape index (κ3) is 52.0. The van der Waals surface area contributed by atoms with Crippen molar-refractivity contribution in [1.29, 1.82) is 0 Å². The number of unbranched alkanes of at least 4 members (excludes halogenated alkanes) is 37. The number of aliphatic hydroxyl groups is 2. The van der Waals surface area contributed by atoms with Crippen molar-refractivity contribution in [1.82, 2.24) is 5.32 Å². The van der Waals surface area contributed by atoms with Crippen molar-refractivity contribution in [2.24, 2.45) is 0 Å². The van der Waals surface area contributed by atoms with Crippen molar-refractivity contribution < 1.29 is 24.5 Å². The Morgan fingerprint density at radius 3 is 1.16 bits per heavy atom. The lowest BCUT2D eigenvalue weighted by molar-refractivity contribution is -0.151. The van der Waals surface area contributed by atoms with Crippen molar-refractivity contribution in [2.45, 2.75) is 334 Å². The van der Waals surface area contributed by atoms with Gasteiger partial charge in [0.15, 0.2) is 0 Å². The minimum absolute atomic E-state index is 0.0532. The van der Waals surface area contributed by atoms with Crippen LogP contribution in [-0.2, 0) is 14.3 Å². The molecule has 0 heterocycles. The lowest BCUT2D eigenvalue weighted by atomic mass is 10.0. The van der Waals surface area contributed by atoms with E-state index >= 15 is 0 Å². The topological polar surface area (TPSA) is 95.9 Å². The normalized spacial score (nSPS) is 13.4. The van der Waals surface area contributed by atoms with Crippen molar-refractivity contribution >= 4 is 11.9 Å². The van der Waals surface area contributed by atoms with Crippen LogP contribution in [0.2, 0.25) is 0 Å². The number of hydrogen-bond acceptors (Lipinski definition) is 5. The van der Waals surface area contributed by atoms with Gasteiger partial charge in [0, 0.05) is 6.42 Å². The van der Waals surface area contributed by atoms with Crippen LogP contribution in [0.15, 0.2) is 48.6 Å². The number of nitrogens with one attached hydrogen (secondary N) is 1. The average Bonchev–Trinajstić information content (AvgIpc) is 3.34. The van der Waals surface area contributed by atoms with Gasteiger partial charge in [-0.1, -0.05) is 275 Å². The van der Waals surface area contributed by atoms with Gasteiger partial charge in [-0.15, -0.1) is 0 Å². The first kappa shape index (κ1) is 66.8. The molecule has 3 atom stereocenters. The maximum absolute atomic E-state index is 13.3. The Balaban J connectivity index is 4.60. The second kappa shape index (κ2) is 56.7. The summed E-state index contributed by atoms with van der Waals surface area (Å²) in [5, 5.41) is 23.9. The van der Waals surface area contributed by atoms with Crippen LogP contribution in [0.1, 0.15) is 316 Å². The van der Waals surface area contributed by atoms with Crippen LogP contribution in [0, 0.1) is 0 Å². The Bertz CT molecular complexity index is 1180. The zero-order valence-corrected chi connectivity index (χ0v) is 46.2. The summed E-state index contributed by atoms with van der Waals surface area (Å²) >= 11 is 0. The molecular formula is C63H117NO5. The first-order chi connectivity index (χ1) is 34.0. The SMILES string of the molecule is CCCCCCC/C=C/C=C/C=C/CCCCCC(CC(=O)NC(CO)C(O)CCCCCCCCCCCCCCCCCC)OC(=O)CCCCCCC/C=C/CCCCCCCCCCC. The van der Waals surface area contributed by atoms with E-state index in [1.807, 2.05) is 0 Å². The van der Waals surface area contributed by atoms with Crippen molar-refractivity contribution in [3.8, 4) is 0 Å². The zero-order valence-electron chi connectivity index (χ0n) is 46.2. The predicted octanol–water partition coefficient (Wildman–Crippen LogP) is 19.0. The molecule has 6 nitrogen and oxygen atoms in total. The van der Waals surface area contributed by atoms with E-state index in [9.17, 15) is 19.8 Å². The summed E-state index contributed by atoms with van der Waals surface area (Å²) in [6.45, 7) is 6.49. The molecule has 0 rings (SSSR count). The molecule has 0 fully saturated rings. The van der Waals surface area contributed by atoms with Crippen LogP contribution < -0.4 is 5.32 Å². The number of hydrogen-bond donors (Lipinski definition) is 3. The number of esters is 1. The van der Waals surface area contributed by atoms with Crippen molar-refractivity contribution in [3.05, 3.63) is 48.6 Å². The van der Waals surface area contributed by atoms with Gasteiger partial charge >= 0.3 is 5.97 Å². The third-order valence-electron chi connectivity index (χ3n) is 13.9. The molecule has 0 aromatic carbocycles. The molecule has 0 aliphatic rings. The Morgan fingerprint density at radius 2 is 0.754 bits per heavy atom. The molecule has 404 valence electrons. The minimum atomic E-state index is -0.800. The number of aliphatic hydroxyl groups excluding tert-OH is 2. The highest BCUT2D eigenvalue weighted by Crippen LogP contribution is 2.18. The van der Waals surface area contributed by atoms with Gasteiger partial charge in [0.1, 0.15) is 6.10 Å². The second-order valence-electron chi connectivity index (χ2n) is 20.8. The molecule has 3 N–H and O–H groups in total. The summed E-state index contributed by atoms with van der Waals surface area (Å²) in [5.74, 6) is -0.505. The summed E-state index contributed by atoms with van der Waals surface area (Å²) < 4.78 is 5.95. The average molecular weight is 969 g/mol. The number of ether oxygens (including phenoxy) is 1. The Kier molecular flexibility index (Phi) is 54.9. The van der Waals surface area contributed by atoms with Gasteiger partial charge in [0.05, 0.1) is 25.2 Å². The fourth-order valence-electron chi connectivity index (χ4n) is 9.31. The molecule has 0 radical (unpaired) electrons. The number of rotatable bonds is 55. The number of amides is 1. The van der Waals surface area contributed by atoms with E-state index in [4.69, 9.17) is 4.74 Å². The van der Waals surface area contributed by atoms with Gasteiger partial charge in [-0.05, 0) is 77.0 Å². The van der Waals surface area contributed by atoms with E-state index < -0.39 is 18.2 Å². The minimum Gasteiger partial charge on any atom is -0.462 e. The van der Waals surface area contributed by atoms with Gasteiger partial charge in [0.25, 0.3) is 0 Å². The number of carbonyl (C=O) groups excluding carboxylic acids is 2. The van der Waals surface area contributed by atoms with Crippen LogP contribution in [0.4, 0.5) is 0 Å². The molecule has 0 bridgehead atoms. The van der Waals surface area contributed by atoms with Crippen LogP contribution >= 0.6 is 0 Å². The third-order valence-corrected chi connectivity index (χ3v) is 13.9. The highest BCUT2D eigenvalue weighted by atomic mass is 16.5. The molecule has 69 heavy (non-hydrogen) atoms. The molecule has 0 aliphatic carbocycles. The van der Waals surface area contributed by atoms with Crippen LogP contribution in [0.3, 0.4) is 0 Å². The van der Waals surface area contributed by atoms with E-state index in [0.717, 1.165) is 77.0 Å². The molecule has 1 amide bonds. The molecule has 0 aromatic heterocycles. The van der Waals surface area contributed by atoms with E-state index in [1.165, 1.54) is 193 Å². The Morgan fingerprint density at radius 1 is 0.420 bits per heavy atom. The lowest BCUT2D eigenvalue weighted by Crippen LogP contribution is -2.46. The zero-order chi connectivity index (χ0) is 50.2. The standard InChI is InChI=1S/C63H117NO5/c1-4-7-10-13-16-19-22-25-28-31-32-35-38-41-44-47-50-53-56-63(68)69-59(54-51-48-45-42-39-36-33-29-26-23-20-17-14-11-8-5-2)57-62(67)64-60(58-65)61(66)55-52-49-46-43-40-37-34-30-27-24-21-18-15-12-9-6-3/h23,26,29,32-33,35-36,39,59-61,65-66H,4-22,24-25,27-28,30-31,34,37-38,40-58H2,1-3H3,(H,64,67)/b26-23+,33-29+,35-32+,39-36+. The molecule has 6 heteroatoms. The summed E-state index contributed by atoms with van der Waals surface area (Å²) in [6.07, 6.45) is 70.4. The highest BCUT2D eigenvalue weighted by Gasteiger charge is 2.24. The molecule has 0 saturated carbocycles. The quantitative estimate of drug-likeness (QED) is 0.0244. The van der Waals surface area contributed by atoms with Crippen LogP contribution in [0.5, 0.6) is 0 Å². The summed E-state index contributed by atoms with van der Waals surface area (Å²) in [5.41, 5.74) is 0. The van der Waals surface area contributed by atoms with Crippen LogP contribution in [0.25, 0.3) is 0 Å². The van der Waals surface area contributed by atoms with Gasteiger partial charge in [-0.25, -0.2) is 0 Å². The fraction of sp³-hybridized carbons (Fsp3) is 0.841. The summed E-state index contributed by atoms with van der Waals surface area (Å²) in [7, 11) is 0. The Hall–Kier alpha value is -2.18. The fourth-order valence-corrected chi connectivity index (χ4v) is 9.31. The first-order valence-electron chi connectivity index (χ1n) is 30.4. The summed E-state index contributed by atoms with van der Waals surface area (Å²) in [6, 6.07) is -0.715. The maximum atomic E-state index is 13.3. The van der Waals surface area contributed by atoms with E-state index in [1.54, 1.807) is 0 Å². The smallest absolute Gasteiger partial charge is 0.306 e. The molecule has 0 spiro atoms. The van der Waals surface area contributed by atoms with Crippen LogP contribution in [-0.4, -0.2) is 46.9 Å². The van der Waals surface area contributed by atoms with Gasteiger partial charge in [0.2, 0.25) is 5.91 Å². The largest absolute Gasteiger partial charge is 0.462 e. The monoisotopic (exact) mass is 968 g/mol. The van der Waals surface area contributed by atoms with E-state index in [2.05, 4.69) is 74.7 Å². The van der Waals surface area contributed by atoms with Crippen molar-refractivity contribution in [3.63, 3.8) is 0 Å². The van der Waals surface area contributed by atoms with Gasteiger partial charge < -0.3 is 20.3 Å².